The van der Waals surface area contributed by atoms with E-state index in [2.05, 4.69) is 33.3 Å². The lowest BCUT2D eigenvalue weighted by Crippen LogP contribution is -2.16. The Morgan fingerprint density at radius 1 is 1.42 bits per heavy atom. The van der Waals surface area contributed by atoms with Gasteiger partial charge in [-0.3, -0.25) is 0 Å². The molecule has 0 fully saturated rings. The molecule has 0 aliphatic rings. The number of hydrogen-bond donors (Lipinski definition) is 2. The standard InChI is InChI=1S/C13H15N3S3/c1-8(14)5-10-6-11-12(18-10)13(19-16-11)15-7-9-3-2-4-17-9/h2-4,6,8,15H,5,7,14H2,1H3/t8-/m0/s1. The minimum absolute atomic E-state index is 0.203. The van der Waals surface area contributed by atoms with Crippen LogP contribution < -0.4 is 11.1 Å². The van der Waals surface area contributed by atoms with Crippen LogP contribution in [0.1, 0.15) is 16.7 Å². The van der Waals surface area contributed by atoms with E-state index in [-0.39, 0.29) is 6.04 Å². The van der Waals surface area contributed by atoms with Gasteiger partial charge in [-0.1, -0.05) is 6.07 Å². The predicted molar refractivity (Wildman–Crippen MR) is 86.5 cm³/mol. The molecule has 0 saturated carbocycles. The number of nitrogens with zero attached hydrogens (tertiary/aromatic N) is 1. The predicted octanol–water partition coefficient (Wildman–Crippen LogP) is 3.92. The Hall–Kier alpha value is -0.950. The summed E-state index contributed by atoms with van der Waals surface area (Å²) in [7, 11) is 0. The van der Waals surface area contributed by atoms with Gasteiger partial charge in [-0.15, -0.1) is 22.7 Å². The lowest BCUT2D eigenvalue weighted by atomic mass is 10.2. The average Bonchev–Trinajstić information content (AvgIpc) is 3.02. The van der Waals surface area contributed by atoms with Crippen LogP contribution in [0.5, 0.6) is 0 Å². The van der Waals surface area contributed by atoms with Crippen LogP contribution in [0.25, 0.3) is 10.2 Å². The van der Waals surface area contributed by atoms with Crippen molar-refractivity contribution in [3.8, 4) is 0 Å². The van der Waals surface area contributed by atoms with E-state index in [1.54, 1.807) is 34.2 Å². The maximum atomic E-state index is 5.85. The fourth-order valence-electron chi connectivity index (χ4n) is 1.91. The van der Waals surface area contributed by atoms with Gasteiger partial charge in [-0.05, 0) is 42.4 Å². The quantitative estimate of drug-likeness (QED) is 0.751. The highest BCUT2D eigenvalue weighted by molar-refractivity contribution is 7.24. The Morgan fingerprint density at radius 3 is 3.05 bits per heavy atom. The average molecular weight is 309 g/mol. The zero-order chi connectivity index (χ0) is 13.2. The summed E-state index contributed by atoms with van der Waals surface area (Å²) >= 11 is 5.12. The van der Waals surface area contributed by atoms with E-state index in [9.17, 15) is 0 Å². The number of aromatic nitrogens is 1. The number of anilines is 1. The Bertz CT molecular complexity index is 652. The molecule has 1 atom stereocenters. The molecule has 0 aromatic carbocycles. The van der Waals surface area contributed by atoms with Crippen molar-refractivity contribution in [2.24, 2.45) is 5.73 Å². The van der Waals surface area contributed by atoms with Crippen LogP contribution in [0.15, 0.2) is 23.6 Å². The number of nitrogens with two attached hydrogens (primary N) is 1. The summed E-state index contributed by atoms with van der Waals surface area (Å²) in [6.07, 6.45) is 0.927. The third-order valence-corrected chi connectivity index (χ3v) is 5.72. The van der Waals surface area contributed by atoms with Crippen LogP contribution in [0.4, 0.5) is 5.00 Å². The summed E-state index contributed by atoms with van der Waals surface area (Å²) in [5.41, 5.74) is 6.95. The molecular weight excluding hydrogens is 294 g/mol. The number of fused-ring (bicyclic) bond motifs is 1. The highest BCUT2D eigenvalue weighted by Crippen LogP contribution is 2.35. The maximum absolute atomic E-state index is 5.85. The fourth-order valence-corrected chi connectivity index (χ4v) is 4.66. The number of nitrogens with one attached hydrogen (secondary N) is 1. The smallest absolute Gasteiger partial charge is 0.127 e. The van der Waals surface area contributed by atoms with Crippen molar-refractivity contribution >= 4 is 49.4 Å². The largest absolute Gasteiger partial charge is 0.370 e. The third-order valence-electron chi connectivity index (χ3n) is 2.73. The molecule has 6 heteroatoms. The van der Waals surface area contributed by atoms with Crippen LogP contribution >= 0.6 is 34.2 Å². The van der Waals surface area contributed by atoms with Crippen molar-refractivity contribution in [2.45, 2.75) is 25.9 Å². The molecule has 0 saturated heterocycles. The zero-order valence-corrected chi connectivity index (χ0v) is 13.0. The third kappa shape index (κ3) is 2.97. The molecule has 100 valence electrons. The molecule has 3 nitrogen and oxygen atoms in total. The normalized spacial score (nSPS) is 12.9. The topological polar surface area (TPSA) is 50.9 Å². The minimum atomic E-state index is 0.203. The number of rotatable bonds is 5. The van der Waals surface area contributed by atoms with Gasteiger partial charge in [-0.25, -0.2) is 0 Å². The van der Waals surface area contributed by atoms with E-state index < -0.39 is 0 Å². The first-order valence-corrected chi connectivity index (χ1v) is 8.59. The highest BCUT2D eigenvalue weighted by Gasteiger charge is 2.11. The Kier molecular flexibility index (Phi) is 3.83. The number of hydrogen-bond acceptors (Lipinski definition) is 6. The molecule has 3 heterocycles. The van der Waals surface area contributed by atoms with Crippen molar-refractivity contribution in [1.82, 2.24) is 4.37 Å². The van der Waals surface area contributed by atoms with Crippen molar-refractivity contribution in [3.63, 3.8) is 0 Å². The van der Waals surface area contributed by atoms with E-state index in [1.807, 2.05) is 6.92 Å². The van der Waals surface area contributed by atoms with Gasteiger partial charge < -0.3 is 11.1 Å². The molecule has 0 bridgehead atoms. The van der Waals surface area contributed by atoms with Crippen LogP contribution in [-0.4, -0.2) is 10.4 Å². The van der Waals surface area contributed by atoms with Crippen LogP contribution in [0.3, 0.4) is 0 Å². The summed E-state index contributed by atoms with van der Waals surface area (Å²) in [6.45, 7) is 2.91. The monoisotopic (exact) mass is 309 g/mol. The van der Waals surface area contributed by atoms with Crippen LogP contribution in [-0.2, 0) is 13.0 Å². The molecule has 3 rings (SSSR count). The Balaban J connectivity index is 1.77. The summed E-state index contributed by atoms with van der Waals surface area (Å²) < 4.78 is 5.76. The molecule has 0 aliphatic carbocycles. The minimum Gasteiger partial charge on any atom is -0.370 e. The van der Waals surface area contributed by atoms with Crippen LogP contribution in [0.2, 0.25) is 0 Å². The summed E-state index contributed by atoms with van der Waals surface area (Å²) in [5.74, 6) is 0. The molecule has 0 unspecified atom stereocenters. The van der Waals surface area contributed by atoms with E-state index in [0.717, 1.165) is 18.5 Å². The summed E-state index contributed by atoms with van der Waals surface area (Å²) in [6, 6.07) is 6.59. The summed E-state index contributed by atoms with van der Waals surface area (Å²) in [5, 5.41) is 6.76. The molecular formula is C13H15N3S3. The van der Waals surface area contributed by atoms with E-state index in [0.29, 0.717) is 0 Å². The van der Waals surface area contributed by atoms with Crippen molar-refractivity contribution in [2.75, 3.05) is 5.32 Å². The van der Waals surface area contributed by atoms with E-state index in [4.69, 9.17) is 5.73 Å². The zero-order valence-electron chi connectivity index (χ0n) is 10.6. The molecule has 3 N–H and O–H groups in total. The van der Waals surface area contributed by atoms with Gasteiger partial charge in [0.25, 0.3) is 0 Å². The Labute approximate surface area is 124 Å². The SMILES string of the molecule is C[C@H](N)Cc1cc2nsc(NCc3cccs3)c2s1. The molecule has 3 aromatic rings. The first-order valence-electron chi connectivity index (χ1n) is 6.12. The van der Waals surface area contributed by atoms with Gasteiger partial charge in [0, 0.05) is 15.8 Å². The fraction of sp³-hybridized carbons (Fsp3) is 0.308. The second-order valence-corrected chi connectivity index (χ2v) is 7.50. The lowest BCUT2D eigenvalue weighted by Gasteiger charge is -2.01. The van der Waals surface area contributed by atoms with Gasteiger partial charge >= 0.3 is 0 Å². The van der Waals surface area contributed by atoms with Gasteiger partial charge in [0.05, 0.1) is 16.8 Å². The number of thiophene rings is 2. The van der Waals surface area contributed by atoms with E-state index in [1.165, 1.54) is 19.5 Å². The van der Waals surface area contributed by atoms with Gasteiger partial charge in [0.2, 0.25) is 0 Å². The molecule has 0 amide bonds. The molecule has 0 spiro atoms. The first kappa shape index (κ1) is 13.1. The Morgan fingerprint density at radius 2 is 2.32 bits per heavy atom. The van der Waals surface area contributed by atoms with Gasteiger partial charge in [-0.2, -0.15) is 4.37 Å². The highest BCUT2D eigenvalue weighted by atomic mass is 32.1. The van der Waals surface area contributed by atoms with Gasteiger partial charge in [0.1, 0.15) is 5.00 Å². The second kappa shape index (κ2) is 5.58. The molecule has 3 aromatic heterocycles. The second-order valence-electron chi connectivity index (χ2n) is 4.55. The van der Waals surface area contributed by atoms with Crippen LogP contribution in [0, 0.1) is 0 Å². The molecule has 0 aliphatic heterocycles. The lowest BCUT2D eigenvalue weighted by molar-refractivity contribution is 0.747. The van der Waals surface area contributed by atoms with Gasteiger partial charge in [0.15, 0.2) is 0 Å². The van der Waals surface area contributed by atoms with Crippen molar-refractivity contribution in [1.29, 1.82) is 0 Å². The van der Waals surface area contributed by atoms with Crippen molar-refractivity contribution in [3.05, 3.63) is 33.3 Å². The van der Waals surface area contributed by atoms with Crippen molar-refractivity contribution < 1.29 is 0 Å². The maximum Gasteiger partial charge on any atom is 0.127 e. The summed E-state index contributed by atoms with van der Waals surface area (Å²) in [4.78, 5) is 2.66. The first-order chi connectivity index (χ1) is 9.22. The van der Waals surface area contributed by atoms with E-state index >= 15 is 0 Å². The molecule has 19 heavy (non-hydrogen) atoms. The molecule has 0 radical (unpaired) electrons.